The van der Waals surface area contributed by atoms with Crippen molar-refractivity contribution in [2.24, 2.45) is 0 Å². The Hall–Kier alpha value is -1.64. The van der Waals surface area contributed by atoms with Gasteiger partial charge in [0, 0.05) is 11.6 Å². The number of aromatic nitrogens is 1. The number of hydrogen-bond donors (Lipinski definition) is 0. The van der Waals surface area contributed by atoms with Gasteiger partial charge in [-0.15, -0.1) is 0 Å². The summed E-state index contributed by atoms with van der Waals surface area (Å²) >= 11 is 0. The molecule has 2 aromatic rings. The molecule has 3 heteroatoms. The molecule has 2 nitrogen and oxygen atoms in total. The number of alkyl halides is 1. The largest absolute Gasteiger partial charge is 0.490 e. The second-order valence-electron chi connectivity index (χ2n) is 4.28. The molecule has 0 saturated carbocycles. The molecule has 17 heavy (non-hydrogen) atoms. The minimum Gasteiger partial charge on any atom is -0.490 e. The lowest BCUT2D eigenvalue weighted by Crippen LogP contribution is -2.00. The standard InChI is InChI=1S/C14H16FNO/c1-10(2)11-3-4-13-12(9-11)14(5-7-16-13)17-8-6-15/h3-5,7,9-10H,6,8H2,1-2H3. The third-order valence-electron chi connectivity index (χ3n) is 2.73. The zero-order valence-electron chi connectivity index (χ0n) is 10.1. The molecule has 0 amide bonds. The van der Waals surface area contributed by atoms with Crippen molar-refractivity contribution in [1.82, 2.24) is 4.98 Å². The van der Waals surface area contributed by atoms with E-state index in [9.17, 15) is 4.39 Å². The van der Waals surface area contributed by atoms with Gasteiger partial charge in [0.05, 0.1) is 5.52 Å². The van der Waals surface area contributed by atoms with Crippen molar-refractivity contribution < 1.29 is 9.13 Å². The zero-order valence-corrected chi connectivity index (χ0v) is 10.1. The van der Waals surface area contributed by atoms with E-state index in [0.717, 1.165) is 10.9 Å². The molecule has 0 N–H and O–H groups in total. The van der Waals surface area contributed by atoms with E-state index in [1.165, 1.54) is 5.56 Å². The Labute approximate surface area is 100 Å². The number of hydrogen-bond acceptors (Lipinski definition) is 2. The molecule has 0 aliphatic carbocycles. The summed E-state index contributed by atoms with van der Waals surface area (Å²) in [5, 5.41) is 0.951. The zero-order chi connectivity index (χ0) is 12.3. The SMILES string of the molecule is CC(C)c1ccc2nccc(OCCF)c2c1. The van der Waals surface area contributed by atoms with Crippen molar-refractivity contribution in [2.45, 2.75) is 19.8 Å². The number of fused-ring (bicyclic) bond motifs is 1. The predicted molar refractivity (Wildman–Crippen MR) is 67.3 cm³/mol. The van der Waals surface area contributed by atoms with Crippen LogP contribution in [-0.4, -0.2) is 18.3 Å². The van der Waals surface area contributed by atoms with Crippen LogP contribution in [0.25, 0.3) is 10.9 Å². The van der Waals surface area contributed by atoms with E-state index in [-0.39, 0.29) is 6.61 Å². The van der Waals surface area contributed by atoms with Gasteiger partial charge < -0.3 is 4.74 Å². The van der Waals surface area contributed by atoms with E-state index in [2.05, 4.69) is 31.0 Å². The molecule has 0 atom stereocenters. The lowest BCUT2D eigenvalue weighted by atomic mass is 10.0. The quantitative estimate of drug-likeness (QED) is 0.803. The number of benzene rings is 1. The van der Waals surface area contributed by atoms with E-state index in [1.807, 2.05) is 6.07 Å². The van der Waals surface area contributed by atoms with Crippen LogP contribution in [0.3, 0.4) is 0 Å². The third kappa shape index (κ3) is 2.54. The molecule has 0 saturated heterocycles. The van der Waals surface area contributed by atoms with Gasteiger partial charge >= 0.3 is 0 Å². The molecule has 1 aromatic carbocycles. The van der Waals surface area contributed by atoms with Gasteiger partial charge in [0.2, 0.25) is 0 Å². The highest BCUT2D eigenvalue weighted by Gasteiger charge is 2.06. The first-order valence-electron chi connectivity index (χ1n) is 5.80. The molecule has 0 spiro atoms. The van der Waals surface area contributed by atoms with Crippen LogP contribution in [0.2, 0.25) is 0 Å². The molecule has 0 bridgehead atoms. The second kappa shape index (κ2) is 5.13. The summed E-state index contributed by atoms with van der Waals surface area (Å²) in [6, 6.07) is 7.90. The van der Waals surface area contributed by atoms with Gasteiger partial charge in [0.25, 0.3) is 0 Å². The summed E-state index contributed by atoms with van der Waals surface area (Å²) in [7, 11) is 0. The Morgan fingerprint density at radius 2 is 2.12 bits per heavy atom. The molecular formula is C14H16FNO. The van der Waals surface area contributed by atoms with E-state index in [0.29, 0.717) is 11.7 Å². The van der Waals surface area contributed by atoms with Gasteiger partial charge in [-0.25, -0.2) is 4.39 Å². The molecule has 1 heterocycles. The molecule has 0 unspecified atom stereocenters. The fraction of sp³-hybridized carbons (Fsp3) is 0.357. The minimum atomic E-state index is -0.478. The van der Waals surface area contributed by atoms with E-state index < -0.39 is 6.67 Å². The van der Waals surface area contributed by atoms with Crippen molar-refractivity contribution in [2.75, 3.05) is 13.3 Å². The topological polar surface area (TPSA) is 22.1 Å². The average Bonchev–Trinajstić information content (AvgIpc) is 2.35. The van der Waals surface area contributed by atoms with Crippen LogP contribution in [0.1, 0.15) is 25.3 Å². The number of rotatable bonds is 4. The van der Waals surface area contributed by atoms with Gasteiger partial charge in [-0.2, -0.15) is 0 Å². The van der Waals surface area contributed by atoms with Crippen LogP contribution >= 0.6 is 0 Å². The summed E-state index contributed by atoms with van der Waals surface area (Å²) in [5.74, 6) is 1.16. The van der Waals surface area contributed by atoms with Crippen molar-refractivity contribution in [3.8, 4) is 5.75 Å². The summed E-state index contributed by atoms with van der Waals surface area (Å²) in [6.45, 7) is 3.89. The highest BCUT2D eigenvalue weighted by atomic mass is 19.1. The van der Waals surface area contributed by atoms with Crippen LogP contribution < -0.4 is 4.74 Å². The smallest absolute Gasteiger partial charge is 0.130 e. The summed E-state index contributed by atoms with van der Waals surface area (Å²) in [4.78, 5) is 4.28. The first kappa shape index (κ1) is 11.8. The second-order valence-corrected chi connectivity index (χ2v) is 4.28. The molecule has 1 aromatic heterocycles. The molecule has 0 aliphatic rings. The Kier molecular flexibility index (Phi) is 3.57. The van der Waals surface area contributed by atoms with Crippen molar-refractivity contribution in [1.29, 1.82) is 0 Å². The Bertz CT molecular complexity index is 511. The third-order valence-corrected chi connectivity index (χ3v) is 2.73. The molecule has 90 valence electrons. The van der Waals surface area contributed by atoms with Gasteiger partial charge in [-0.1, -0.05) is 19.9 Å². The van der Waals surface area contributed by atoms with Crippen LogP contribution in [0.15, 0.2) is 30.5 Å². The van der Waals surface area contributed by atoms with E-state index in [4.69, 9.17) is 4.74 Å². The maximum atomic E-state index is 12.1. The van der Waals surface area contributed by atoms with E-state index >= 15 is 0 Å². The Morgan fingerprint density at radius 1 is 1.29 bits per heavy atom. The molecule has 2 rings (SSSR count). The Balaban J connectivity index is 2.48. The van der Waals surface area contributed by atoms with Crippen LogP contribution in [-0.2, 0) is 0 Å². The molecule has 0 radical (unpaired) electrons. The van der Waals surface area contributed by atoms with Gasteiger partial charge in [-0.3, -0.25) is 4.98 Å². The van der Waals surface area contributed by atoms with Crippen LogP contribution in [0, 0.1) is 0 Å². The monoisotopic (exact) mass is 233 g/mol. The summed E-state index contributed by atoms with van der Waals surface area (Å²) in [5.41, 5.74) is 2.11. The first-order chi connectivity index (χ1) is 8.22. The van der Waals surface area contributed by atoms with Crippen LogP contribution in [0.4, 0.5) is 4.39 Å². The normalized spacial score (nSPS) is 11.1. The lowest BCUT2D eigenvalue weighted by molar-refractivity contribution is 0.276. The van der Waals surface area contributed by atoms with Crippen molar-refractivity contribution in [3.05, 3.63) is 36.0 Å². The highest BCUT2D eigenvalue weighted by molar-refractivity contribution is 5.85. The summed E-state index contributed by atoms with van der Waals surface area (Å²) < 4.78 is 17.5. The number of nitrogens with zero attached hydrogens (tertiary/aromatic N) is 1. The van der Waals surface area contributed by atoms with Gasteiger partial charge in [0.1, 0.15) is 19.0 Å². The number of ether oxygens (including phenoxy) is 1. The average molecular weight is 233 g/mol. The number of pyridine rings is 1. The molecular weight excluding hydrogens is 217 g/mol. The lowest BCUT2D eigenvalue weighted by Gasteiger charge is -2.10. The molecule has 0 fully saturated rings. The first-order valence-corrected chi connectivity index (χ1v) is 5.80. The Morgan fingerprint density at radius 3 is 2.82 bits per heavy atom. The maximum absolute atomic E-state index is 12.1. The van der Waals surface area contributed by atoms with Crippen molar-refractivity contribution in [3.63, 3.8) is 0 Å². The molecule has 0 aliphatic heterocycles. The van der Waals surface area contributed by atoms with Crippen LogP contribution in [0.5, 0.6) is 5.75 Å². The number of halogens is 1. The highest BCUT2D eigenvalue weighted by Crippen LogP contribution is 2.27. The van der Waals surface area contributed by atoms with E-state index in [1.54, 1.807) is 12.3 Å². The maximum Gasteiger partial charge on any atom is 0.130 e. The summed E-state index contributed by atoms with van der Waals surface area (Å²) in [6.07, 6.45) is 1.69. The fourth-order valence-electron chi connectivity index (χ4n) is 1.77. The predicted octanol–water partition coefficient (Wildman–Crippen LogP) is 3.71. The fourth-order valence-corrected chi connectivity index (χ4v) is 1.77. The van der Waals surface area contributed by atoms with Crippen molar-refractivity contribution >= 4 is 10.9 Å². The van der Waals surface area contributed by atoms with Gasteiger partial charge in [-0.05, 0) is 29.7 Å². The van der Waals surface area contributed by atoms with Gasteiger partial charge in [0.15, 0.2) is 0 Å². The minimum absolute atomic E-state index is 0.0883.